The molecule has 0 amide bonds. The number of rotatable bonds is 9. The maximum Gasteiger partial charge on any atom is 1.00 e. The van der Waals surface area contributed by atoms with Gasteiger partial charge < -0.3 is 33.8 Å². The van der Waals surface area contributed by atoms with Gasteiger partial charge in [-0.1, -0.05) is 30.3 Å². The third-order valence-corrected chi connectivity index (χ3v) is 4.20. The van der Waals surface area contributed by atoms with Crippen molar-refractivity contribution in [1.29, 1.82) is 0 Å². The van der Waals surface area contributed by atoms with Gasteiger partial charge in [-0.15, -0.1) is 0 Å². The van der Waals surface area contributed by atoms with Crippen molar-refractivity contribution in [2.45, 2.75) is 34.2 Å². The summed E-state index contributed by atoms with van der Waals surface area (Å²) < 4.78 is 17.8. The molecule has 1 heterocycles. The summed E-state index contributed by atoms with van der Waals surface area (Å²) in [6.45, 7) is 9.18. The van der Waals surface area contributed by atoms with Crippen LogP contribution >= 0.6 is 0 Å². The Balaban J connectivity index is 0. The zero-order valence-corrected chi connectivity index (χ0v) is 26.4. The number of hydrogen-bond donors (Lipinski definition) is 0. The molecule has 1 aromatic carbocycles. The maximum absolute atomic E-state index is 12.8. The van der Waals surface area contributed by atoms with Gasteiger partial charge in [0.15, 0.2) is 0 Å². The Labute approximate surface area is 279 Å². The molecule has 0 aliphatic rings. The standard InChI is InChI=1S/C21H27NO5.CH2O3.2K/c1-5-25-14-13-22-15(4)17(20(23)26-6-2)18(16-11-9-8-10-12-16)19(22)21(24)27-7-3;2-1(3)4;;/h8-12H,5-7,13-14H2,1-4H3;(H2,2,3,4);;/q;;2*+1/p-2. The Kier molecular flexibility index (Phi) is 20.4. The minimum atomic E-state index is -2.33. The van der Waals surface area contributed by atoms with Crippen LogP contribution in [0.2, 0.25) is 0 Å². The quantitative estimate of drug-likeness (QED) is 0.187. The van der Waals surface area contributed by atoms with Crippen LogP contribution in [-0.4, -0.2) is 49.1 Å². The normalized spacial score (nSPS) is 9.45. The number of aromatic nitrogens is 1. The van der Waals surface area contributed by atoms with Crippen LogP contribution in [0, 0.1) is 6.92 Å². The van der Waals surface area contributed by atoms with Gasteiger partial charge in [0.2, 0.25) is 0 Å². The first kappa shape index (κ1) is 35.1. The zero-order valence-electron chi connectivity index (χ0n) is 20.1. The Morgan fingerprint density at radius 2 is 1.39 bits per heavy atom. The molecule has 0 saturated carbocycles. The molecule has 170 valence electrons. The smallest absolute Gasteiger partial charge is 0.652 e. The van der Waals surface area contributed by atoms with Gasteiger partial charge in [0.05, 0.1) is 25.4 Å². The monoisotopic (exact) mass is 511 g/mol. The molecule has 0 N–H and O–H groups in total. The van der Waals surface area contributed by atoms with Crippen molar-refractivity contribution in [3.8, 4) is 11.1 Å². The zero-order chi connectivity index (χ0) is 23.4. The molecule has 0 radical (unpaired) electrons. The van der Waals surface area contributed by atoms with Crippen molar-refractivity contribution in [2.75, 3.05) is 26.4 Å². The number of carboxylic acid groups (broad SMARTS) is 2. The number of hydrogen-bond acceptors (Lipinski definition) is 8. The molecule has 0 aliphatic heterocycles. The number of carbonyl (C=O) groups is 3. The summed E-state index contributed by atoms with van der Waals surface area (Å²) in [4.78, 5) is 33.9. The molecule has 9 nitrogen and oxygen atoms in total. The fraction of sp³-hybridized carbons (Fsp3) is 0.409. The first-order valence-electron chi connectivity index (χ1n) is 9.88. The van der Waals surface area contributed by atoms with Crippen molar-refractivity contribution in [1.82, 2.24) is 4.57 Å². The molecular formula is C22H27K2NO8. The SMILES string of the molecule is CCOCCn1c(C)c(C(=O)OCC)c(-c2ccccc2)c1C(=O)OCC.O=C([O-])[O-].[K+].[K+]. The van der Waals surface area contributed by atoms with Gasteiger partial charge in [0, 0.05) is 24.4 Å². The molecule has 11 heteroatoms. The van der Waals surface area contributed by atoms with Gasteiger partial charge in [-0.25, -0.2) is 9.59 Å². The van der Waals surface area contributed by atoms with E-state index in [1.165, 1.54) is 0 Å². The van der Waals surface area contributed by atoms with Gasteiger partial charge in [-0.05, 0) is 39.4 Å². The van der Waals surface area contributed by atoms with E-state index in [9.17, 15) is 9.59 Å². The molecule has 0 fully saturated rings. The third-order valence-electron chi connectivity index (χ3n) is 4.20. The Morgan fingerprint density at radius 3 is 1.88 bits per heavy atom. The minimum absolute atomic E-state index is 0. The maximum atomic E-state index is 12.8. The van der Waals surface area contributed by atoms with E-state index in [0.29, 0.717) is 42.3 Å². The van der Waals surface area contributed by atoms with Crippen molar-refractivity contribution < 1.29 is 142 Å². The van der Waals surface area contributed by atoms with E-state index in [1.807, 2.05) is 44.2 Å². The van der Waals surface area contributed by atoms with Crippen LogP contribution in [0.5, 0.6) is 0 Å². The fourth-order valence-electron chi connectivity index (χ4n) is 3.07. The molecule has 0 atom stereocenters. The molecule has 0 aliphatic carbocycles. The molecule has 33 heavy (non-hydrogen) atoms. The first-order chi connectivity index (χ1) is 14.8. The van der Waals surface area contributed by atoms with Crippen molar-refractivity contribution in [3.05, 3.63) is 47.3 Å². The van der Waals surface area contributed by atoms with E-state index in [1.54, 1.807) is 18.4 Å². The molecule has 2 aromatic rings. The van der Waals surface area contributed by atoms with Crippen LogP contribution in [0.15, 0.2) is 30.3 Å². The van der Waals surface area contributed by atoms with Crippen molar-refractivity contribution >= 4 is 18.1 Å². The molecular weight excluding hydrogens is 484 g/mol. The second kappa shape index (κ2) is 19.2. The second-order valence-corrected chi connectivity index (χ2v) is 6.09. The predicted octanol–water partition coefficient (Wildman–Crippen LogP) is -4.59. The molecule has 0 bridgehead atoms. The van der Waals surface area contributed by atoms with Gasteiger partial charge in [0.25, 0.3) is 0 Å². The molecule has 0 spiro atoms. The summed E-state index contributed by atoms with van der Waals surface area (Å²) >= 11 is 0. The van der Waals surface area contributed by atoms with Crippen LogP contribution in [0.1, 0.15) is 47.3 Å². The average Bonchev–Trinajstić information content (AvgIpc) is 3.01. The van der Waals surface area contributed by atoms with Gasteiger partial charge >= 0.3 is 115 Å². The second-order valence-electron chi connectivity index (χ2n) is 6.09. The summed E-state index contributed by atoms with van der Waals surface area (Å²) in [6, 6.07) is 9.36. The number of ether oxygens (including phenoxy) is 3. The van der Waals surface area contributed by atoms with Gasteiger partial charge in [-0.2, -0.15) is 0 Å². The van der Waals surface area contributed by atoms with Crippen LogP contribution in [0.4, 0.5) is 4.79 Å². The van der Waals surface area contributed by atoms with E-state index >= 15 is 0 Å². The van der Waals surface area contributed by atoms with Crippen molar-refractivity contribution in [2.24, 2.45) is 0 Å². The number of esters is 2. The summed E-state index contributed by atoms with van der Waals surface area (Å²) in [5.74, 6) is -0.916. The van der Waals surface area contributed by atoms with Crippen molar-refractivity contribution in [3.63, 3.8) is 0 Å². The number of carbonyl (C=O) groups excluding carboxylic acids is 3. The fourth-order valence-corrected chi connectivity index (χ4v) is 3.07. The van der Waals surface area contributed by atoms with Crippen LogP contribution in [0.3, 0.4) is 0 Å². The summed E-state index contributed by atoms with van der Waals surface area (Å²) in [6.07, 6.45) is -2.33. The van der Waals surface area contributed by atoms with E-state index in [0.717, 1.165) is 5.56 Å². The summed E-state index contributed by atoms with van der Waals surface area (Å²) in [5, 5.41) is 16.7. The predicted molar refractivity (Wildman–Crippen MR) is 108 cm³/mol. The van der Waals surface area contributed by atoms with Crippen LogP contribution in [0.25, 0.3) is 11.1 Å². The van der Waals surface area contributed by atoms with Gasteiger partial charge in [-0.3, -0.25) is 0 Å². The first-order valence-corrected chi connectivity index (χ1v) is 9.88. The van der Waals surface area contributed by atoms with Crippen LogP contribution < -0.4 is 113 Å². The van der Waals surface area contributed by atoms with E-state index in [4.69, 9.17) is 29.2 Å². The summed E-state index contributed by atoms with van der Waals surface area (Å²) in [5.41, 5.74) is 2.71. The number of nitrogens with zero attached hydrogens (tertiary/aromatic N) is 1. The molecule has 0 saturated heterocycles. The Bertz CT molecular complexity index is 880. The van der Waals surface area contributed by atoms with E-state index in [-0.39, 0.29) is 116 Å². The summed E-state index contributed by atoms with van der Waals surface area (Å²) in [7, 11) is 0. The van der Waals surface area contributed by atoms with Gasteiger partial charge in [0.1, 0.15) is 5.69 Å². The molecule has 1 aromatic heterocycles. The van der Waals surface area contributed by atoms with E-state index < -0.39 is 18.1 Å². The van der Waals surface area contributed by atoms with E-state index in [2.05, 4.69) is 0 Å². The number of benzene rings is 1. The Hall–Kier alpha value is -0.0573. The third kappa shape index (κ3) is 11.0. The topological polar surface area (TPSA) is 130 Å². The molecule has 0 unspecified atom stereocenters. The largest absolute Gasteiger partial charge is 1.00 e. The minimum Gasteiger partial charge on any atom is -0.652 e. The van der Waals surface area contributed by atoms with Crippen LogP contribution in [-0.2, 0) is 20.8 Å². The molecule has 2 rings (SSSR count). The average molecular weight is 512 g/mol. The Morgan fingerprint density at radius 1 is 0.879 bits per heavy atom.